The van der Waals surface area contributed by atoms with Crippen LogP contribution in [-0.4, -0.2) is 22.8 Å². The van der Waals surface area contributed by atoms with Gasteiger partial charge in [-0.25, -0.2) is 0 Å². The normalized spacial score (nSPS) is 10.5. The van der Waals surface area contributed by atoms with Crippen LogP contribution in [0.5, 0.6) is 0 Å². The Labute approximate surface area is 69.3 Å². The number of nitrogens with zero attached hydrogens (tertiary/aromatic N) is 4. The van der Waals surface area contributed by atoms with Gasteiger partial charge in [0.05, 0.1) is 6.20 Å². The smallest absolute Gasteiger partial charge is 0.206 e. The number of nitriles is 1. The summed E-state index contributed by atoms with van der Waals surface area (Å²) in [6.07, 6.45) is 4.45. The summed E-state index contributed by atoms with van der Waals surface area (Å²) in [4.78, 5) is 12.1. The first-order chi connectivity index (χ1) is 5.88. The van der Waals surface area contributed by atoms with Crippen molar-refractivity contribution in [1.82, 2.24) is 9.97 Å². The molecule has 0 aliphatic rings. The molecule has 0 N–H and O–H groups in total. The monoisotopic (exact) mass is 162 g/mol. The van der Waals surface area contributed by atoms with Crippen LogP contribution in [0, 0.1) is 11.3 Å². The van der Waals surface area contributed by atoms with E-state index in [0.717, 1.165) is 0 Å². The van der Waals surface area contributed by atoms with E-state index in [1.807, 2.05) is 6.07 Å². The second-order valence-corrected chi connectivity index (χ2v) is 1.82. The molecule has 1 aromatic rings. The van der Waals surface area contributed by atoms with Gasteiger partial charge in [-0.15, -0.1) is 0 Å². The maximum absolute atomic E-state index is 8.58. The van der Waals surface area contributed by atoms with E-state index in [2.05, 4.69) is 20.0 Å². The molecule has 0 unspecified atom stereocenters. The van der Waals surface area contributed by atoms with Crippen LogP contribution < -0.4 is 0 Å². The topological polar surface area (TPSA) is 71.2 Å². The van der Waals surface area contributed by atoms with E-state index in [1.165, 1.54) is 25.7 Å². The maximum atomic E-state index is 8.58. The molecule has 1 rings (SSSR count). The van der Waals surface area contributed by atoms with E-state index in [1.54, 1.807) is 0 Å². The van der Waals surface area contributed by atoms with Crippen molar-refractivity contribution in [2.24, 2.45) is 5.16 Å². The molecule has 0 amide bonds. The van der Waals surface area contributed by atoms with Crippen molar-refractivity contribution >= 4 is 5.71 Å². The van der Waals surface area contributed by atoms with Gasteiger partial charge in [-0.2, -0.15) is 5.26 Å². The van der Waals surface area contributed by atoms with Crippen LogP contribution in [0.2, 0.25) is 0 Å². The van der Waals surface area contributed by atoms with Gasteiger partial charge >= 0.3 is 0 Å². The molecule has 5 heteroatoms. The fraction of sp³-hybridized carbons (Fsp3) is 0.143. The molecular formula is C7H6N4O. The summed E-state index contributed by atoms with van der Waals surface area (Å²) in [5, 5.41) is 12.0. The highest BCUT2D eigenvalue weighted by Crippen LogP contribution is 1.93. The Morgan fingerprint density at radius 3 is 3.00 bits per heavy atom. The molecule has 0 bridgehead atoms. The first-order valence-electron chi connectivity index (χ1n) is 3.16. The van der Waals surface area contributed by atoms with Gasteiger partial charge in [0.2, 0.25) is 5.71 Å². The van der Waals surface area contributed by atoms with Gasteiger partial charge in [-0.05, 0) is 0 Å². The Morgan fingerprint density at radius 1 is 1.67 bits per heavy atom. The van der Waals surface area contributed by atoms with E-state index in [4.69, 9.17) is 5.26 Å². The van der Waals surface area contributed by atoms with Gasteiger partial charge in [0, 0.05) is 12.4 Å². The Bertz CT molecular complexity index is 314. The number of rotatable bonds is 2. The van der Waals surface area contributed by atoms with Crippen molar-refractivity contribution in [3.8, 4) is 6.07 Å². The summed E-state index contributed by atoms with van der Waals surface area (Å²) in [5.74, 6) is 0. The lowest BCUT2D eigenvalue weighted by Gasteiger charge is -1.93. The highest BCUT2D eigenvalue weighted by Gasteiger charge is 2.02. The molecule has 0 saturated heterocycles. The molecule has 1 aromatic heterocycles. The Balaban J connectivity index is 2.98. The van der Waals surface area contributed by atoms with Gasteiger partial charge in [0.15, 0.2) is 0 Å². The van der Waals surface area contributed by atoms with Gasteiger partial charge in [-0.3, -0.25) is 9.97 Å². The highest BCUT2D eigenvalue weighted by atomic mass is 16.6. The Hall–Kier alpha value is -1.96. The SMILES string of the molecule is CO/N=C(\C#N)c1cnccn1. The van der Waals surface area contributed by atoms with Crippen molar-refractivity contribution in [2.75, 3.05) is 7.11 Å². The molecule has 0 fully saturated rings. The lowest BCUT2D eigenvalue weighted by Crippen LogP contribution is -2.01. The van der Waals surface area contributed by atoms with Crippen molar-refractivity contribution < 1.29 is 4.84 Å². The van der Waals surface area contributed by atoms with Crippen LogP contribution in [0.4, 0.5) is 0 Å². The molecule has 12 heavy (non-hydrogen) atoms. The average Bonchev–Trinajstić information content (AvgIpc) is 2.15. The van der Waals surface area contributed by atoms with Crippen LogP contribution in [0.25, 0.3) is 0 Å². The van der Waals surface area contributed by atoms with Crippen molar-refractivity contribution in [3.63, 3.8) is 0 Å². The third-order valence-corrected chi connectivity index (χ3v) is 1.09. The minimum absolute atomic E-state index is 0.116. The predicted octanol–water partition coefficient (Wildman–Crippen LogP) is 0.351. The average molecular weight is 162 g/mol. The van der Waals surface area contributed by atoms with Gasteiger partial charge < -0.3 is 4.84 Å². The number of oxime groups is 1. The van der Waals surface area contributed by atoms with E-state index in [0.29, 0.717) is 5.69 Å². The summed E-state index contributed by atoms with van der Waals surface area (Å²) in [6, 6.07) is 1.84. The molecule has 0 saturated carbocycles. The predicted molar refractivity (Wildman–Crippen MR) is 41.2 cm³/mol. The van der Waals surface area contributed by atoms with Crippen molar-refractivity contribution in [2.45, 2.75) is 0 Å². The quantitative estimate of drug-likeness (QED) is 0.464. The summed E-state index contributed by atoms with van der Waals surface area (Å²) in [7, 11) is 1.37. The second kappa shape index (κ2) is 4.03. The number of hydrogen-bond donors (Lipinski definition) is 0. The fourth-order valence-electron chi connectivity index (χ4n) is 0.637. The standard InChI is InChI=1S/C7H6N4O/c1-12-11-6(4-8)7-5-9-2-3-10-7/h2-3,5H,1H3/b11-6+. The molecule has 5 nitrogen and oxygen atoms in total. The molecule has 0 spiro atoms. The van der Waals surface area contributed by atoms with E-state index >= 15 is 0 Å². The zero-order valence-electron chi connectivity index (χ0n) is 6.43. The van der Waals surface area contributed by atoms with Crippen molar-refractivity contribution in [3.05, 3.63) is 24.3 Å². The fourth-order valence-corrected chi connectivity index (χ4v) is 0.637. The molecule has 0 aliphatic heterocycles. The van der Waals surface area contributed by atoms with Crippen LogP contribution >= 0.6 is 0 Å². The molecule has 0 radical (unpaired) electrons. The van der Waals surface area contributed by atoms with Gasteiger partial charge in [0.1, 0.15) is 18.9 Å². The summed E-state index contributed by atoms with van der Waals surface area (Å²) >= 11 is 0. The molecule has 0 aromatic carbocycles. The van der Waals surface area contributed by atoms with E-state index in [9.17, 15) is 0 Å². The van der Waals surface area contributed by atoms with Gasteiger partial charge in [0.25, 0.3) is 0 Å². The van der Waals surface area contributed by atoms with Crippen LogP contribution in [0.15, 0.2) is 23.7 Å². The molecular weight excluding hydrogens is 156 g/mol. The second-order valence-electron chi connectivity index (χ2n) is 1.82. The first kappa shape index (κ1) is 8.14. The largest absolute Gasteiger partial charge is 0.398 e. The third kappa shape index (κ3) is 1.76. The summed E-state index contributed by atoms with van der Waals surface area (Å²) in [6.45, 7) is 0. The summed E-state index contributed by atoms with van der Waals surface area (Å²) < 4.78 is 0. The zero-order valence-corrected chi connectivity index (χ0v) is 6.43. The third-order valence-electron chi connectivity index (χ3n) is 1.09. The van der Waals surface area contributed by atoms with Crippen LogP contribution in [-0.2, 0) is 4.84 Å². The zero-order chi connectivity index (χ0) is 8.81. The van der Waals surface area contributed by atoms with E-state index in [-0.39, 0.29) is 5.71 Å². The first-order valence-corrected chi connectivity index (χ1v) is 3.16. The van der Waals surface area contributed by atoms with Crippen LogP contribution in [0.3, 0.4) is 0 Å². The number of hydrogen-bond acceptors (Lipinski definition) is 5. The molecule has 60 valence electrons. The minimum Gasteiger partial charge on any atom is -0.398 e. The summed E-state index contributed by atoms with van der Waals surface area (Å²) in [5.41, 5.74) is 0.521. The number of aromatic nitrogens is 2. The molecule has 1 heterocycles. The lowest BCUT2D eigenvalue weighted by atomic mass is 10.3. The Kier molecular flexibility index (Phi) is 2.73. The van der Waals surface area contributed by atoms with Gasteiger partial charge in [-0.1, -0.05) is 5.16 Å². The Morgan fingerprint density at radius 2 is 2.50 bits per heavy atom. The molecule has 0 atom stereocenters. The lowest BCUT2D eigenvalue weighted by molar-refractivity contribution is 0.214. The minimum atomic E-state index is 0.116. The maximum Gasteiger partial charge on any atom is 0.206 e. The van der Waals surface area contributed by atoms with Crippen molar-refractivity contribution in [1.29, 1.82) is 5.26 Å². The molecule has 0 aliphatic carbocycles. The highest BCUT2D eigenvalue weighted by molar-refractivity contribution is 6.09. The van der Waals surface area contributed by atoms with Crippen LogP contribution in [0.1, 0.15) is 5.69 Å². The van der Waals surface area contributed by atoms with E-state index < -0.39 is 0 Å².